The summed E-state index contributed by atoms with van der Waals surface area (Å²) >= 11 is 1.36. The monoisotopic (exact) mass is 423 g/mol. The smallest absolute Gasteiger partial charge is 0.404 e. The quantitative estimate of drug-likeness (QED) is 0.753. The van der Waals surface area contributed by atoms with E-state index in [0.29, 0.717) is 38.0 Å². The lowest BCUT2D eigenvalue weighted by molar-refractivity contribution is 0.0110. The van der Waals surface area contributed by atoms with Gasteiger partial charge in [0.25, 0.3) is 0 Å². The Hall–Kier alpha value is -1.80. The van der Waals surface area contributed by atoms with Crippen molar-refractivity contribution in [2.24, 2.45) is 5.73 Å². The maximum absolute atomic E-state index is 15.1. The van der Waals surface area contributed by atoms with Gasteiger partial charge in [0.15, 0.2) is 0 Å². The fourth-order valence-corrected chi connectivity index (χ4v) is 5.53. The van der Waals surface area contributed by atoms with E-state index in [1.54, 1.807) is 6.07 Å². The molecular weight excluding hydrogens is 396 g/mol. The molecule has 2 aromatic rings. The number of nitrogens with zero attached hydrogens (tertiary/aromatic N) is 2. The highest BCUT2D eigenvalue weighted by molar-refractivity contribution is 7.13. The summed E-state index contributed by atoms with van der Waals surface area (Å²) in [5.74, 6) is 0.157. The van der Waals surface area contributed by atoms with Crippen LogP contribution in [0, 0.1) is 5.82 Å². The second-order valence-electron chi connectivity index (χ2n) is 8.36. The number of aromatic nitrogens is 1. The van der Waals surface area contributed by atoms with E-state index >= 15 is 4.39 Å². The topological polar surface area (TPSA) is 68.5 Å². The zero-order valence-corrected chi connectivity index (χ0v) is 17.2. The van der Waals surface area contributed by atoms with Gasteiger partial charge >= 0.3 is 6.09 Å². The summed E-state index contributed by atoms with van der Waals surface area (Å²) in [7, 11) is 0. The minimum Gasteiger partial charge on any atom is -0.446 e. The van der Waals surface area contributed by atoms with E-state index in [9.17, 15) is 9.18 Å². The Balaban J connectivity index is 1.25. The maximum Gasteiger partial charge on any atom is 0.404 e. The number of likely N-dealkylation sites (tertiary alicyclic amines) is 1. The van der Waals surface area contributed by atoms with Gasteiger partial charge < -0.3 is 15.4 Å². The molecule has 1 amide bonds. The third-order valence-corrected chi connectivity index (χ3v) is 7.25. The van der Waals surface area contributed by atoms with Crippen molar-refractivity contribution in [3.05, 3.63) is 29.7 Å². The molecule has 1 aromatic carbocycles. The summed E-state index contributed by atoms with van der Waals surface area (Å²) in [4.78, 5) is 13.2. The number of carbonyl (C=O) groups excluding carboxylic acids is 1. The van der Waals surface area contributed by atoms with Crippen molar-refractivity contribution in [3.8, 4) is 0 Å². The molecule has 1 aliphatic heterocycles. The third kappa shape index (κ3) is 4.86. The van der Waals surface area contributed by atoms with Crippen molar-refractivity contribution >= 4 is 27.7 Å². The molecule has 0 atom stereocenters. The highest BCUT2D eigenvalue weighted by atomic mass is 32.1. The molecule has 2 N–H and O–H groups in total. The average Bonchev–Trinajstić information content (AvgIpc) is 3.11. The van der Waals surface area contributed by atoms with E-state index < -0.39 is 11.8 Å². The Bertz CT molecular complexity index is 859. The molecule has 2 heterocycles. The van der Waals surface area contributed by atoms with Gasteiger partial charge in [-0.2, -0.15) is 4.37 Å². The summed E-state index contributed by atoms with van der Waals surface area (Å²) in [5.41, 5.74) is 4.95. The van der Waals surface area contributed by atoms with Crippen LogP contribution in [-0.2, 0) is 4.74 Å². The first-order valence-electron chi connectivity index (χ1n) is 10.3. The summed E-state index contributed by atoms with van der Waals surface area (Å²) in [6, 6.07) is 4.88. The predicted molar refractivity (Wildman–Crippen MR) is 109 cm³/mol. The van der Waals surface area contributed by atoms with Crippen LogP contribution < -0.4 is 5.73 Å². The maximum atomic E-state index is 15.1. The molecule has 2 aliphatic rings. The van der Waals surface area contributed by atoms with Gasteiger partial charge in [-0.05, 0) is 87.8 Å². The average molecular weight is 424 g/mol. The minimum atomic E-state index is -1.18. The van der Waals surface area contributed by atoms with Crippen LogP contribution >= 0.6 is 11.5 Å². The molecule has 1 aliphatic carbocycles. The first-order valence-corrected chi connectivity index (χ1v) is 11.1. The predicted octanol–water partition coefficient (Wildman–Crippen LogP) is 4.75. The van der Waals surface area contributed by atoms with E-state index in [-0.39, 0.29) is 11.9 Å². The van der Waals surface area contributed by atoms with E-state index in [1.807, 2.05) is 6.07 Å². The molecule has 29 heavy (non-hydrogen) atoms. The SMILES string of the molecule is NC(=O)OC1CCC(F)(CCN2CCC(c3nsc4cc(F)ccc34)CC2)CC1. The molecule has 8 heteroatoms. The summed E-state index contributed by atoms with van der Waals surface area (Å²) < 4.78 is 39.0. The largest absolute Gasteiger partial charge is 0.446 e. The fraction of sp³-hybridized carbons (Fsp3) is 0.619. The van der Waals surface area contributed by atoms with E-state index in [2.05, 4.69) is 9.27 Å². The zero-order chi connectivity index (χ0) is 20.4. The standard InChI is InChI=1S/C21H27F2N3O2S/c22-15-1-2-17-18(13-15)29-25-19(17)14-5-10-26(11-6-14)12-9-21(23)7-3-16(4-8-21)28-20(24)27/h1-2,13-14,16H,3-12H2,(H2,24,27). The number of ether oxygens (including phenoxy) is 1. The molecule has 1 saturated carbocycles. The first-order chi connectivity index (χ1) is 13.9. The Morgan fingerprint density at radius 3 is 2.69 bits per heavy atom. The number of piperidine rings is 1. The van der Waals surface area contributed by atoms with Crippen LogP contribution in [0.25, 0.3) is 10.1 Å². The number of hydrogen-bond donors (Lipinski definition) is 1. The summed E-state index contributed by atoms with van der Waals surface area (Å²) in [5, 5.41) is 1.06. The summed E-state index contributed by atoms with van der Waals surface area (Å²) in [6.45, 7) is 2.59. The van der Waals surface area contributed by atoms with Gasteiger partial charge in [0.1, 0.15) is 17.6 Å². The lowest BCUT2D eigenvalue weighted by Gasteiger charge is -2.36. The van der Waals surface area contributed by atoms with Crippen LogP contribution in [0.15, 0.2) is 18.2 Å². The molecule has 158 valence electrons. The van der Waals surface area contributed by atoms with Gasteiger partial charge in [-0.3, -0.25) is 0 Å². The van der Waals surface area contributed by atoms with Crippen LogP contribution in [0.1, 0.15) is 56.6 Å². The van der Waals surface area contributed by atoms with Gasteiger partial charge in [-0.25, -0.2) is 13.6 Å². The van der Waals surface area contributed by atoms with Crippen LogP contribution in [0.4, 0.5) is 13.6 Å². The van der Waals surface area contributed by atoms with E-state index in [1.165, 1.54) is 17.6 Å². The number of alkyl halides is 1. The van der Waals surface area contributed by atoms with Crippen molar-refractivity contribution in [1.29, 1.82) is 0 Å². The van der Waals surface area contributed by atoms with Crippen molar-refractivity contribution in [1.82, 2.24) is 9.27 Å². The van der Waals surface area contributed by atoms with E-state index in [0.717, 1.165) is 48.3 Å². The molecule has 1 aromatic heterocycles. The van der Waals surface area contributed by atoms with Crippen LogP contribution in [0.3, 0.4) is 0 Å². The van der Waals surface area contributed by atoms with Crippen LogP contribution in [0.5, 0.6) is 0 Å². The number of amides is 1. The molecule has 1 saturated heterocycles. The lowest BCUT2D eigenvalue weighted by atomic mass is 9.82. The Morgan fingerprint density at radius 1 is 1.28 bits per heavy atom. The number of rotatable bonds is 5. The first kappa shape index (κ1) is 20.5. The van der Waals surface area contributed by atoms with Gasteiger partial charge in [-0.15, -0.1) is 0 Å². The Kier molecular flexibility index (Phi) is 6.01. The van der Waals surface area contributed by atoms with Crippen molar-refractivity contribution < 1.29 is 18.3 Å². The minimum absolute atomic E-state index is 0.224. The number of halogens is 2. The number of hydrogen-bond acceptors (Lipinski definition) is 5. The van der Waals surface area contributed by atoms with Gasteiger partial charge in [0, 0.05) is 17.8 Å². The number of nitrogens with two attached hydrogens (primary N) is 1. The lowest BCUT2D eigenvalue weighted by Crippen LogP contribution is -2.40. The Morgan fingerprint density at radius 2 is 2.00 bits per heavy atom. The zero-order valence-electron chi connectivity index (χ0n) is 16.4. The molecular formula is C21H27F2N3O2S. The highest BCUT2D eigenvalue weighted by Gasteiger charge is 2.37. The molecule has 0 spiro atoms. The normalized spacial score (nSPS) is 26.6. The molecule has 2 fully saturated rings. The molecule has 0 bridgehead atoms. The summed E-state index contributed by atoms with van der Waals surface area (Å²) in [6.07, 6.45) is 3.40. The van der Waals surface area contributed by atoms with E-state index in [4.69, 9.17) is 10.5 Å². The molecule has 4 rings (SSSR count). The Labute approximate surface area is 173 Å². The number of fused-ring (bicyclic) bond motifs is 1. The highest BCUT2D eigenvalue weighted by Crippen LogP contribution is 2.38. The van der Waals surface area contributed by atoms with Crippen LogP contribution in [-0.4, -0.2) is 46.8 Å². The van der Waals surface area contributed by atoms with Crippen LogP contribution in [0.2, 0.25) is 0 Å². The number of benzene rings is 1. The second kappa shape index (κ2) is 8.52. The van der Waals surface area contributed by atoms with Crippen molar-refractivity contribution in [2.75, 3.05) is 19.6 Å². The van der Waals surface area contributed by atoms with Crippen molar-refractivity contribution in [2.45, 2.75) is 62.6 Å². The number of carbonyl (C=O) groups is 1. The van der Waals surface area contributed by atoms with Crippen molar-refractivity contribution in [3.63, 3.8) is 0 Å². The number of primary amides is 1. The van der Waals surface area contributed by atoms with Gasteiger partial charge in [0.2, 0.25) is 0 Å². The second-order valence-corrected chi connectivity index (χ2v) is 9.17. The van der Waals surface area contributed by atoms with Gasteiger partial charge in [-0.1, -0.05) is 0 Å². The van der Waals surface area contributed by atoms with Gasteiger partial charge in [0.05, 0.1) is 10.4 Å². The molecule has 5 nitrogen and oxygen atoms in total. The molecule has 0 unspecified atom stereocenters. The molecule has 0 radical (unpaired) electrons. The third-order valence-electron chi connectivity index (χ3n) is 6.42. The fourth-order valence-electron chi connectivity index (χ4n) is 4.65.